The highest BCUT2D eigenvalue weighted by Gasteiger charge is 2.31. The van der Waals surface area contributed by atoms with Gasteiger partial charge in [-0.2, -0.15) is 13.2 Å². The molecule has 0 bridgehead atoms. The molecule has 2 rings (SSSR count). The number of rotatable bonds is 4. The summed E-state index contributed by atoms with van der Waals surface area (Å²) >= 11 is 0. The van der Waals surface area contributed by atoms with E-state index >= 15 is 0 Å². The van der Waals surface area contributed by atoms with Gasteiger partial charge in [0.25, 0.3) is 0 Å². The van der Waals surface area contributed by atoms with E-state index in [2.05, 4.69) is 10.2 Å². The predicted molar refractivity (Wildman–Crippen MR) is 74.0 cm³/mol. The molecule has 0 spiro atoms. The molecule has 0 aromatic heterocycles. The first-order valence-corrected chi connectivity index (χ1v) is 6.89. The molecule has 0 aliphatic carbocycles. The van der Waals surface area contributed by atoms with Crippen molar-refractivity contribution in [2.24, 2.45) is 0 Å². The van der Waals surface area contributed by atoms with Crippen LogP contribution < -0.4 is 10.2 Å². The third kappa shape index (κ3) is 4.31. The van der Waals surface area contributed by atoms with Crippen LogP contribution in [-0.2, 0) is 6.18 Å². The fourth-order valence-corrected chi connectivity index (χ4v) is 2.34. The molecule has 1 aromatic rings. The highest BCUT2D eigenvalue weighted by Crippen LogP contribution is 2.31. The summed E-state index contributed by atoms with van der Waals surface area (Å²) in [5, 5.41) is 3.24. The van der Waals surface area contributed by atoms with Crippen molar-refractivity contribution in [3.63, 3.8) is 0 Å². The van der Waals surface area contributed by atoms with E-state index in [9.17, 15) is 17.6 Å². The molecule has 0 unspecified atom stereocenters. The van der Waals surface area contributed by atoms with Crippen molar-refractivity contribution < 1.29 is 17.6 Å². The molecular formula is C14H19F4N3. The predicted octanol–water partition coefficient (Wildman–Crippen LogP) is 2.19. The smallest absolute Gasteiger partial charge is 0.371 e. The van der Waals surface area contributed by atoms with Gasteiger partial charge in [0.2, 0.25) is 0 Å². The second-order valence-electron chi connectivity index (χ2n) is 5.18. The van der Waals surface area contributed by atoms with Gasteiger partial charge in [-0.3, -0.25) is 4.90 Å². The van der Waals surface area contributed by atoms with Crippen LogP contribution in [-0.4, -0.2) is 51.2 Å². The number of hydrogen-bond acceptors (Lipinski definition) is 3. The molecule has 1 saturated heterocycles. The quantitative estimate of drug-likeness (QED) is 0.860. The van der Waals surface area contributed by atoms with Crippen LogP contribution in [0.3, 0.4) is 0 Å². The van der Waals surface area contributed by atoms with Crippen molar-refractivity contribution in [3.05, 3.63) is 29.6 Å². The number of alkyl halides is 3. The van der Waals surface area contributed by atoms with Crippen molar-refractivity contribution >= 4 is 5.69 Å². The number of benzene rings is 1. The lowest BCUT2D eigenvalue weighted by atomic mass is 10.2. The first kappa shape index (κ1) is 16.0. The zero-order chi connectivity index (χ0) is 15.5. The first-order valence-electron chi connectivity index (χ1n) is 6.89. The maximum atomic E-state index is 13.8. The van der Waals surface area contributed by atoms with Gasteiger partial charge < -0.3 is 10.2 Å². The van der Waals surface area contributed by atoms with Gasteiger partial charge in [-0.25, -0.2) is 4.39 Å². The van der Waals surface area contributed by atoms with Gasteiger partial charge in [0.15, 0.2) is 0 Å². The summed E-state index contributed by atoms with van der Waals surface area (Å²) in [6.45, 7) is 5.06. The van der Waals surface area contributed by atoms with Gasteiger partial charge >= 0.3 is 6.18 Å². The Kier molecular flexibility index (Phi) is 5.05. The summed E-state index contributed by atoms with van der Waals surface area (Å²) in [4.78, 5) is 3.90. The van der Waals surface area contributed by atoms with Gasteiger partial charge in [0.1, 0.15) is 5.82 Å². The fourth-order valence-electron chi connectivity index (χ4n) is 2.34. The molecule has 1 fully saturated rings. The van der Waals surface area contributed by atoms with Crippen LogP contribution >= 0.6 is 0 Å². The molecule has 0 radical (unpaired) electrons. The minimum absolute atomic E-state index is 0.193. The van der Waals surface area contributed by atoms with Crippen molar-refractivity contribution in [2.75, 3.05) is 51.2 Å². The third-order valence-electron chi connectivity index (χ3n) is 3.65. The topological polar surface area (TPSA) is 18.5 Å². The summed E-state index contributed by atoms with van der Waals surface area (Å²) in [7, 11) is 1.69. The molecule has 1 aliphatic rings. The monoisotopic (exact) mass is 305 g/mol. The van der Waals surface area contributed by atoms with Gasteiger partial charge in [-0.1, -0.05) is 0 Å². The van der Waals surface area contributed by atoms with Crippen molar-refractivity contribution in [1.29, 1.82) is 0 Å². The molecule has 21 heavy (non-hydrogen) atoms. The molecule has 0 atom stereocenters. The van der Waals surface area contributed by atoms with Gasteiger partial charge in [0, 0.05) is 46.3 Å². The molecular weight excluding hydrogens is 286 g/mol. The maximum Gasteiger partial charge on any atom is 0.416 e. The van der Waals surface area contributed by atoms with Gasteiger partial charge in [-0.15, -0.1) is 0 Å². The lowest BCUT2D eigenvalue weighted by Gasteiger charge is -2.30. The lowest BCUT2D eigenvalue weighted by molar-refractivity contribution is -0.137. The Labute approximate surface area is 121 Å². The third-order valence-corrected chi connectivity index (χ3v) is 3.65. The second kappa shape index (κ2) is 6.62. The lowest BCUT2D eigenvalue weighted by Crippen LogP contribution is -2.46. The van der Waals surface area contributed by atoms with E-state index in [1.54, 1.807) is 11.9 Å². The summed E-state index contributed by atoms with van der Waals surface area (Å²) in [6.07, 6.45) is -4.52. The van der Waals surface area contributed by atoms with Crippen LogP contribution in [0.2, 0.25) is 0 Å². The minimum Gasteiger partial charge on any atom is -0.371 e. The molecule has 1 N–H and O–H groups in total. The van der Waals surface area contributed by atoms with E-state index in [-0.39, 0.29) is 5.69 Å². The minimum atomic E-state index is -4.52. The van der Waals surface area contributed by atoms with E-state index in [1.807, 2.05) is 0 Å². The highest BCUT2D eigenvalue weighted by molar-refractivity contribution is 5.49. The van der Waals surface area contributed by atoms with Crippen LogP contribution in [0.5, 0.6) is 0 Å². The molecule has 118 valence electrons. The van der Waals surface area contributed by atoms with Gasteiger partial charge in [0.05, 0.1) is 11.3 Å². The van der Waals surface area contributed by atoms with E-state index in [0.717, 1.165) is 38.8 Å². The molecule has 3 nitrogen and oxygen atoms in total. The SMILES string of the molecule is CN(CCN1CCNCC1)c1ccc(C(F)(F)F)cc1F. The number of nitrogens with one attached hydrogen (secondary N) is 1. The van der Waals surface area contributed by atoms with Crippen LogP contribution in [0, 0.1) is 5.82 Å². The zero-order valence-electron chi connectivity index (χ0n) is 11.9. The summed E-state index contributed by atoms with van der Waals surface area (Å²) in [5.74, 6) is -0.840. The van der Waals surface area contributed by atoms with Crippen LogP contribution in [0.15, 0.2) is 18.2 Å². The Hall–Kier alpha value is -1.34. The molecule has 1 aliphatic heterocycles. The van der Waals surface area contributed by atoms with Gasteiger partial charge in [-0.05, 0) is 18.2 Å². The maximum absolute atomic E-state index is 13.8. The Morgan fingerprint density at radius 2 is 1.90 bits per heavy atom. The van der Waals surface area contributed by atoms with Crippen molar-refractivity contribution in [1.82, 2.24) is 10.2 Å². The average Bonchev–Trinajstić information content (AvgIpc) is 2.45. The number of likely N-dealkylation sites (N-methyl/N-ethyl adjacent to an activating group) is 1. The Morgan fingerprint density at radius 3 is 2.48 bits per heavy atom. The molecule has 0 amide bonds. The second-order valence-corrected chi connectivity index (χ2v) is 5.18. The summed E-state index contributed by atoms with van der Waals surface area (Å²) in [5.41, 5.74) is -0.766. The number of anilines is 1. The zero-order valence-corrected chi connectivity index (χ0v) is 11.9. The highest BCUT2D eigenvalue weighted by atomic mass is 19.4. The summed E-state index contributed by atoms with van der Waals surface area (Å²) in [6, 6.07) is 2.66. The largest absolute Gasteiger partial charge is 0.416 e. The fraction of sp³-hybridized carbons (Fsp3) is 0.571. The van der Waals surface area contributed by atoms with E-state index < -0.39 is 17.6 Å². The molecule has 0 saturated carbocycles. The van der Waals surface area contributed by atoms with Crippen LogP contribution in [0.1, 0.15) is 5.56 Å². The van der Waals surface area contributed by atoms with Crippen molar-refractivity contribution in [2.45, 2.75) is 6.18 Å². The molecule has 1 heterocycles. The van der Waals surface area contributed by atoms with Crippen LogP contribution in [0.4, 0.5) is 23.2 Å². The van der Waals surface area contributed by atoms with E-state index in [0.29, 0.717) is 12.6 Å². The van der Waals surface area contributed by atoms with E-state index in [4.69, 9.17) is 0 Å². The Balaban J connectivity index is 1.97. The Morgan fingerprint density at radius 1 is 1.24 bits per heavy atom. The van der Waals surface area contributed by atoms with Crippen molar-refractivity contribution in [3.8, 4) is 0 Å². The number of piperazine rings is 1. The molecule has 7 heteroatoms. The number of halogens is 4. The van der Waals surface area contributed by atoms with Crippen LogP contribution in [0.25, 0.3) is 0 Å². The average molecular weight is 305 g/mol. The number of hydrogen-bond donors (Lipinski definition) is 1. The number of nitrogens with zero attached hydrogens (tertiary/aromatic N) is 2. The molecule has 1 aromatic carbocycles. The first-order chi connectivity index (χ1) is 9.88. The van der Waals surface area contributed by atoms with E-state index in [1.165, 1.54) is 6.07 Å². The summed E-state index contributed by atoms with van der Waals surface area (Å²) < 4.78 is 51.3. The standard InChI is InChI=1S/C14H19F4N3/c1-20(8-9-21-6-4-19-5-7-21)13-3-2-11(10-12(13)15)14(16,17)18/h2-3,10,19H,4-9H2,1H3. The Bertz CT molecular complexity index is 470. The normalized spacial score (nSPS) is 17.0.